The number of hydrogen-bond donors (Lipinski definition) is 0. The van der Waals surface area contributed by atoms with Gasteiger partial charge in [0, 0.05) is 71.0 Å². The molecule has 3 aliphatic carbocycles. The number of fused-ring (bicyclic) bond motifs is 13. The maximum Gasteiger partial charge on any atom is 0.0714 e. The molecule has 0 unspecified atom stereocenters. The summed E-state index contributed by atoms with van der Waals surface area (Å²) in [6.07, 6.45) is 0. The number of para-hydroxylation sites is 2. The molecule has 3 aliphatic rings. The molecule has 0 amide bonds. The van der Waals surface area contributed by atoms with Crippen LogP contribution in [0.5, 0.6) is 0 Å². The van der Waals surface area contributed by atoms with E-state index in [4.69, 9.17) is 0 Å². The Morgan fingerprint density at radius 2 is 0.591 bits per heavy atom. The monoisotopic (exact) mass is 1490 g/mol. The highest BCUT2D eigenvalue weighted by atomic mass is 32.1. The highest BCUT2D eigenvalue weighted by Crippen LogP contribution is 2.59. The van der Waals surface area contributed by atoms with Gasteiger partial charge < -0.3 is 14.4 Å². The van der Waals surface area contributed by atoms with E-state index < -0.39 is 5.41 Å². The van der Waals surface area contributed by atoms with Crippen molar-refractivity contribution in [3.05, 3.63) is 451 Å². The highest BCUT2D eigenvalue weighted by Gasteiger charge is 2.47. The molecule has 0 fully saturated rings. The van der Waals surface area contributed by atoms with Crippen LogP contribution in [-0.2, 0) is 16.2 Å². The van der Waals surface area contributed by atoms with Gasteiger partial charge in [0.05, 0.1) is 16.4 Å². The van der Waals surface area contributed by atoms with Crippen LogP contribution in [0.15, 0.2) is 406 Å². The molecule has 544 valence electrons. The first-order valence-corrected chi connectivity index (χ1v) is 40.9. The van der Waals surface area contributed by atoms with Crippen LogP contribution in [0.4, 0.5) is 34.1 Å². The van der Waals surface area contributed by atoms with Crippen LogP contribution < -0.4 is 9.80 Å². The summed E-state index contributed by atoms with van der Waals surface area (Å²) < 4.78 is 3.69. The highest BCUT2D eigenvalue weighted by molar-refractivity contribution is 7.22. The van der Waals surface area contributed by atoms with Gasteiger partial charge in [0.25, 0.3) is 0 Å². The van der Waals surface area contributed by atoms with E-state index >= 15 is 0 Å². The zero-order valence-electron chi connectivity index (χ0n) is 64.4. The normalized spacial score (nSPS) is 13.6. The zero-order chi connectivity index (χ0) is 76.7. The number of hydrogen-bond acceptors (Lipinski definition) is 3. The van der Waals surface area contributed by atoms with Crippen LogP contribution in [0.2, 0.25) is 0 Å². The predicted molar refractivity (Wildman–Crippen MR) is 485 cm³/mol. The van der Waals surface area contributed by atoms with E-state index in [0.717, 1.165) is 39.8 Å². The number of thiophene rings is 1. The van der Waals surface area contributed by atoms with Crippen molar-refractivity contribution >= 4 is 77.4 Å². The quantitative estimate of drug-likeness (QED) is 0.107. The van der Waals surface area contributed by atoms with E-state index in [-0.39, 0.29) is 10.8 Å². The molecule has 0 aliphatic heterocycles. The Bertz CT molecular complexity index is 6960. The molecule has 0 saturated heterocycles. The molecule has 0 atom stereocenters. The molecule has 0 saturated carbocycles. The average molecular weight is 1490 g/mol. The fraction of sp³-hybridized carbons (Fsp3) is 0.0631. The van der Waals surface area contributed by atoms with Crippen LogP contribution in [0.1, 0.15) is 72.2 Å². The van der Waals surface area contributed by atoms with E-state index in [9.17, 15) is 0 Å². The minimum absolute atomic E-state index is 0.310. The van der Waals surface area contributed by atoms with Gasteiger partial charge in [0.15, 0.2) is 0 Å². The second-order valence-corrected chi connectivity index (χ2v) is 33.4. The van der Waals surface area contributed by atoms with Gasteiger partial charge in [-0.3, -0.25) is 0 Å². The lowest BCUT2D eigenvalue weighted by Gasteiger charge is -2.35. The number of rotatable bonds is 14. The van der Waals surface area contributed by atoms with E-state index in [0.29, 0.717) is 0 Å². The fourth-order valence-electron chi connectivity index (χ4n) is 19.6. The van der Waals surface area contributed by atoms with Gasteiger partial charge in [0.2, 0.25) is 0 Å². The summed E-state index contributed by atoms with van der Waals surface area (Å²) in [5.41, 5.74) is 37.8. The topological polar surface area (TPSA) is 11.4 Å². The number of benzene rings is 17. The largest absolute Gasteiger partial charge is 0.310 e. The van der Waals surface area contributed by atoms with Crippen molar-refractivity contribution in [2.45, 2.75) is 43.9 Å². The maximum atomic E-state index is 2.50. The first-order valence-electron chi connectivity index (χ1n) is 40.1. The van der Waals surface area contributed by atoms with Gasteiger partial charge in [-0.05, 0) is 261 Å². The number of nitrogens with zero attached hydrogens (tertiary/aromatic N) is 3. The smallest absolute Gasteiger partial charge is 0.0714 e. The summed E-state index contributed by atoms with van der Waals surface area (Å²) in [5.74, 6) is 0. The van der Waals surface area contributed by atoms with Crippen molar-refractivity contribution in [1.29, 1.82) is 0 Å². The third kappa shape index (κ3) is 10.9. The Labute approximate surface area is 675 Å². The van der Waals surface area contributed by atoms with Crippen LogP contribution in [0, 0.1) is 0 Å². The van der Waals surface area contributed by atoms with Crippen LogP contribution in [-0.4, -0.2) is 4.57 Å². The summed E-state index contributed by atoms with van der Waals surface area (Å²) in [6.45, 7) is 9.70. The van der Waals surface area contributed by atoms with Gasteiger partial charge in [-0.1, -0.05) is 307 Å². The average Bonchev–Trinajstić information content (AvgIpc) is 1.54. The third-order valence-electron chi connectivity index (χ3n) is 25.3. The van der Waals surface area contributed by atoms with Crippen molar-refractivity contribution < 1.29 is 0 Å². The summed E-state index contributed by atoms with van der Waals surface area (Å²) in [4.78, 5) is 6.21. The second-order valence-electron chi connectivity index (χ2n) is 32.3. The standard InChI is InChI=1S/C111H79N3S/c1-109(2)100-66-79(47-59-92(100)94-61-56-88(69-102(94)109)112(86-54-45-77(46-55-86)108-68-81-25-17-22-36-107(81)115-108)85-52-43-76(44-53-85)78-49-64-106-98(65-78)97-33-19-21-35-105(97)114(106)84-30-15-8-16-31-84)80-48-60-93-95-62-57-89(70-103(95)110(3,4)101(93)67-80)113(87-50-41-75(42-51-87)74-39-37-73(38-40-74)72-23-9-5-10-24-72)90-58-63-96-91-32-18-20-34-99(91)111(104(96)71-90,82-26-11-6-12-27-82)83-28-13-7-14-29-83/h5-71H,1-4H3. The van der Waals surface area contributed by atoms with Crippen molar-refractivity contribution in [3.8, 4) is 94.0 Å². The molecule has 4 heteroatoms. The van der Waals surface area contributed by atoms with Gasteiger partial charge in [-0.2, -0.15) is 0 Å². The third-order valence-corrected chi connectivity index (χ3v) is 26.5. The molecule has 0 radical (unpaired) electrons. The maximum absolute atomic E-state index is 2.50. The molecular formula is C111H79N3S. The lowest BCUT2D eigenvalue weighted by molar-refractivity contribution is 0.659. The SMILES string of the molecule is CC1(C)c2cc(-c3ccc4c(c3)C(C)(C)c3cc(N(c5ccc(-c6ccc(-c7ccccc7)cc6)cc5)c5ccc6c(c5)C(c5ccccc5)(c5ccccc5)c5ccccc5-6)ccc3-4)ccc2-c2ccc(N(c3ccc(-c4ccc5c(c4)c4ccccc4n5-c4ccccc4)cc3)c3ccc(-c4cc5ccccc5s4)cc3)cc21. The molecule has 2 aromatic heterocycles. The Balaban J connectivity index is 0.603. The van der Waals surface area contributed by atoms with Crippen molar-refractivity contribution in [2.75, 3.05) is 9.80 Å². The van der Waals surface area contributed by atoms with E-state index in [1.165, 1.54) is 165 Å². The molecule has 3 nitrogen and oxygen atoms in total. The van der Waals surface area contributed by atoms with Gasteiger partial charge >= 0.3 is 0 Å². The Hall–Kier alpha value is -13.9. The molecule has 0 bridgehead atoms. The summed E-state index contributed by atoms with van der Waals surface area (Å²) in [7, 11) is 0. The Morgan fingerprint density at radius 3 is 1.14 bits per heavy atom. The van der Waals surface area contributed by atoms with Crippen molar-refractivity contribution in [1.82, 2.24) is 4.57 Å². The number of aromatic nitrogens is 1. The van der Waals surface area contributed by atoms with Gasteiger partial charge in [-0.15, -0.1) is 11.3 Å². The molecule has 115 heavy (non-hydrogen) atoms. The molecule has 22 rings (SSSR count). The predicted octanol–water partition coefficient (Wildman–Crippen LogP) is 30.2. The van der Waals surface area contributed by atoms with Crippen molar-refractivity contribution in [3.63, 3.8) is 0 Å². The van der Waals surface area contributed by atoms with E-state index in [1.807, 2.05) is 11.3 Å². The van der Waals surface area contributed by atoms with Crippen molar-refractivity contribution in [2.24, 2.45) is 0 Å². The van der Waals surface area contributed by atoms with Gasteiger partial charge in [-0.25, -0.2) is 0 Å². The number of anilines is 6. The lowest BCUT2D eigenvalue weighted by atomic mass is 9.67. The van der Waals surface area contributed by atoms with E-state index in [2.05, 4.69) is 449 Å². The molecule has 0 N–H and O–H groups in total. The fourth-order valence-corrected chi connectivity index (χ4v) is 20.6. The zero-order valence-corrected chi connectivity index (χ0v) is 65.2. The summed E-state index contributed by atoms with van der Waals surface area (Å²) >= 11 is 1.85. The summed E-state index contributed by atoms with van der Waals surface area (Å²) in [6, 6.07) is 152. The van der Waals surface area contributed by atoms with Crippen LogP contribution in [0.3, 0.4) is 0 Å². The van der Waals surface area contributed by atoms with Crippen LogP contribution >= 0.6 is 11.3 Å². The first kappa shape index (κ1) is 67.9. The molecule has 0 spiro atoms. The molecule has 2 heterocycles. The Kier molecular flexibility index (Phi) is 15.7. The second kappa shape index (κ2) is 26.6. The van der Waals surface area contributed by atoms with E-state index in [1.54, 1.807) is 0 Å². The lowest BCUT2D eigenvalue weighted by Crippen LogP contribution is -2.28. The minimum Gasteiger partial charge on any atom is -0.310 e. The first-order chi connectivity index (χ1) is 56.5. The Morgan fingerprint density at radius 1 is 0.235 bits per heavy atom. The summed E-state index contributed by atoms with van der Waals surface area (Å²) in [5, 5.41) is 3.76. The molecule has 19 aromatic rings. The minimum atomic E-state index is -0.562. The van der Waals surface area contributed by atoms with Gasteiger partial charge in [0.1, 0.15) is 0 Å². The van der Waals surface area contributed by atoms with Crippen LogP contribution in [0.25, 0.3) is 126 Å². The molecular weight excluding hydrogens is 1410 g/mol. The molecule has 17 aromatic carbocycles.